The molecule has 7 nitrogen and oxygen atoms in total. The summed E-state index contributed by atoms with van der Waals surface area (Å²) >= 11 is 12.3. The number of hydrogen-bond acceptors (Lipinski definition) is 5. The molecule has 2 aromatic heterocycles. The van der Waals surface area contributed by atoms with Gasteiger partial charge in [0.15, 0.2) is 5.65 Å². The summed E-state index contributed by atoms with van der Waals surface area (Å²) in [5.41, 5.74) is 1.78. The van der Waals surface area contributed by atoms with E-state index in [0.29, 0.717) is 38.6 Å². The van der Waals surface area contributed by atoms with Crippen molar-refractivity contribution in [3.8, 4) is 11.3 Å². The van der Waals surface area contributed by atoms with Gasteiger partial charge in [-0.25, -0.2) is 13.4 Å². The zero-order valence-corrected chi connectivity index (χ0v) is 21.1. The molecule has 0 saturated heterocycles. The quantitative estimate of drug-likeness (QED) is 0.202. The fraction of sp³-hybridized carbons (Fsp3) is 0.182. The van der Waals surface area contributed by atoms with Crippen molar-refractivity contribution in [1.29, 1.82) is 0 Å². The first kappa shape index (κ1) is 26.3. The third-order valence-corrected chi connectivity index (χ3v) is 7.93. The zero-order valence-electron chi connectivity index (χ0n) is 18.8. The first-order chi connectivity index (χ1) is 17.0. The van der Waals surface area contributed by atoms with Crippen molar-refractivity contribution < 1.29 is 21.6 Å². The van der Waals surface area contributed by atoms with E-state index in [0.717, 1.165) is 29.2 Å². The zero-order chi connectivity index (χ0) is 26.1. The van der Waals surface area contributed by atoms with Gasteiger partial charge in [-0.15, -0.1) is 3.82 Å². The highest BCUT2D eigenvalue weighted by Crippen LogP contribution is 2.31. The molecule has 0 aliphatic carbocycles. The van der Waals surface area contributed by atoms with Crippen molar-refractivity contribution in [3.63, 3.8) is 0 Å². The van der Waals surface area contributed by atoms with E-state index in [1.54, 1.807) is 22.8 Å². The molecular formula is C22H19BCl2F3N5O2S. The Balaban J connectivity index is 1.48. The lowest BCUT2D eigenvalue weighted by Crippen LogP contribution is -2.25. The summed E-state index contributed by atoms with van der Waals surface area (Å²) in [5.74, 6) is 0.602. The van der Waals surface area contributed by atoms with Crippen LogP contribution in [0.15, 0.2) is 65.7 Å². The maximum Gasteiger partial charge on any atom is 0.416 e. The molecule has 2 aromatic carbocycles. The van der Waals surface area contributed by atoms with Gasteiger partial charge >= 0.3 is 6.18 Å². The summed E-state index contributed by atoms with van der Waals surface area (Å²) in [4.78, 5) is 4.13. The summed E-state index contributed by atoms with van der Waals surface area (Å²) in [6.45, 7) is 0.151. The Bertz CT molecular complexity index is 1520. The predicted molar refractivity (Wildman–Crippen MR) is 136 cm³/mol. The first-order valence-corrected chi connectivity index (χ1v) is 12.8. The fourth-order valence-electron chi connectivity index (χ4n) is 3.49. The molecule has 0 saturated carbocycles. The van der Waals surface area contributed by atoms with Crippen LogP contribution in [0.25, 0.3) is 16.9 Å². The van der Waals surface area contributed by atoms with E-state index < -0.39 is 26.7 Å². The van der Waals surface area contributed by atoms with Gasteiger partial charge in [0.1, 0.15) is 13.7 Å². The van der Waals surface area contributed by atoms with Crippen LogP contribution in [0, 0.1) is 0 Å². The van der Waals surface area contributed by atoms with Crippen molar-refractivity contribution in [1.82, 2.24) is 18.4 Å². The topological polar surface area (TPSA) is 79.6 Å². The largest absolute Gasteiger partial charge is 0.416 e. The molecule has 0 aliphatic heterocycles. The number of halogens is 5. The minimum absolute atomic E-state index is 0.142. The summed E-state index contributed by atoms with van der Waals surface area (Å²) in [7, 11) is -2.44. The van der Waals surface area contributed by atoms with Crippen LogP contribution in [0.4, 0.5) is 19.0 Å². The van der Waals surface area contributed by atoms with Crippen LogP contribution in [0.3, 0.4) is 0 Å². The molecule has 36 heavy (non-hydrogen) atoms. The number of anilines is 1. The maximum absolute atomic E-state index is 13.0. The van der Waals surface area contributed by atoms with Crippen molar-refractivity contribution in [2.75, 3.05) is 18.4 Å². The van der Waals surface area contributed by atoms with E-state index >= 15 is 0 Å². The number of rotatable bonds is 8. The highest BCUT2D eigenvalue weighted by molar-refractivity contribution is 7.90. The SMILES string of the molecule is Bc1cnn2c(NCCCN(Cl)S(=O)(=O)c3cccc(C(F)(F)F)c3)cc(-c3ccccc3Cl)nc12. The average Bonchev–Trinajstić information content (AvgIpc) is 3.22. The summed E-state index contributed by atoms with van der Waals surface area (Å²) < 4.78 is 66.4. The lowest BCUT2D eigenvalue weighted by molar-refractivity contribution is -0.137. The molecule has 4 rings (SSSR count). The van der Waals surface area contributed by atoms with Crippen molar-refractivity contribution in [3.05, 3.63) is 71.4 Å². The number of aromatic nitrogens is 3. The van der Waals surface area contributed by atoms with E-state index in [-0.39, 0.29) is 13.0 Å². The van der Waals surface area contributed by atoms with Crippen molar-refractivity contribution >= 4 is 58.2 Å². The Morgan fingerprint density at radius 2 is 1.86 bits per heavy atom. The first-order valence-electron chi connectivity index (χ1n) is 10.7. The van der Waals surface area contributed by atoms with E-state index in [1.807, 2.05) is 26.0 Å². The van der Waals surface area contributed by atoms with Crippen LogP contribution in [0.5, 0.6) is 0 Å². The standard InChI is InChI=1S/C22H19BCl2F3N5O2S/c23-17-13-30-33-20(12-19(31-21(17)33)16-7-1-2-8-18(16)24)29-9-4-10-32(25)36(34,35)15-6-3-5-14(11-15)22(26,27)28/h1-3,5-8,11-13,29H,4,9-10,23H2. The molecule has 1 N–H and O–H groups in total. The summed E-state index contributed by atoms with van der Waals surface area (Å²) in [6.07, 6.45) is -2.74. The van der Waals surface area contributed by atoms with E-state index in [4.69, 9.17) is 23.4 Å². The summed E-state index contributed by atoms with van der Waals surface area (Å²) in [6, 6.07) is 12.5. The van der Waals surface area contributed by atoms with Crippen LogP contribution in [-0.4, -0.2) is 47.8 Å². The van der Waals surface area contributed by atoms with Crippen molar-refractivity contribution in [2.24, 2.45) is 0 Å². The Morgan fingerprint density at radius 3 is 2.58 bits per heavy atom. The second kappa shape index (κ2) is 10.3. The molecule has 0 bridgehead atoms. The molecule has 0 unspecified atom stereocenters. The number of benzene rings is 2. The van der Waals surface area contributed by atoms with Gasteiger partial charge in [-0.1, -0.05) is 35.9 Å². The molecule has 188 valence electrons. The van der Waals surface area contributed by atoms with E-state index in [2.05, 4.69) is 15.4 Å². The smallest absolute Gasteiger partial charge is 0.370 e. The predicted octanol–water partition coefficient (Wildman–Crippen LogP) is 3.97. The van der Waals surface area contributed by atoms with Gasteiger partial charge in [0.25, 0.3) is 10.0 Å². The van der Waals surface area contributed by atoms with Gasteiger partial charge < -0.3 is 5.32 Å². The highest BCUT2D eigenvalue weighted by Gasteiger charge is 2.32. The van der Waals surface area contributed by atoms with E-state index in [1.165, 1.54) is 0 Å². The summed E-state index contributed by atoms with van der Waals surface area (Å²) in [5, 5.41) is 8.06. The molecule has 0 amide bonds. The molecule has 4 aromatic rings. The van der Waals surface area contributed by atoms with Gasteiger partial charge in [0.2, 0.25) is 0 Å². The number of alkyl halides is 3. The van der Waals surface area contributed by atoms with Crippen LogP contribution < -0.4 is 10.8 Å². The Kier molecular flexibility index (Phi) is 7.51. The number of nitrogens with one attached hydrogen (secondary N) is 1. The molecule has 2 heterocycles. The molecule has 0 radical (unpaired) electrons. The highest BCUT2D eigenvalue weighted by atomic mass is 35.5. The number of nitrogens with zero attached hydrogens (tertiary/aromatic N) is 4. The Morgan fingerprint density at radius 1 is 1.11 bits per heavy atom. The Labute approximate surface area is 216 Å². The number of sulfonamides is 1. The average molecular weight is 556 g/mol. The van der Waals surface area contributed by atoms with Crippen LogP contribution >= 0.6 is 23.4 Å². The van der Waals surface area contributed by atoms with Gasteiger partial charge in [-0.2, -0.15) is 22.8 Å². The third kappa shape index (κ3) is 5.46. The van der Waals surface area contributed by atoms with E-state index in [9.17, 15) is 21.6 Å². The number of fused-ring (bicyclic) bond motifs is 1. The van der Waals surface area contributed by atoms with Crippen LogP contribution in [-0.2, 0) is 16.2 Å². The van der Waals surface area contributed by atoms with Crippen LogP contribution in [0.1, 0.15) is 12.0 Å². The van der Waals surface area contributed by atoms with Gasteiger partial charge in [0, 0.05) is 35.9 Å². The van der Waals surface area contributed by atoms with Gasteiger partial charge in [0.05, 0.1) is 16.2 Å². The molecule has 0 spiro atoms. The maximum atomic E-state index is 13.0. The minimum atomic E-state index is -4.67. The monoisotopic (exact) mass is 555 g/mol. The molecular weight excluding hydrogens is 537 g/mol. The normalized spacial score (nSPS) is 12.4. The second-order valence-electron chi connectivity index (χ2n) is 7.89. The number of hydrogen-bond donors (Lipinski definition) is 1. The van der Waals surface area contributed by atoms with Gasteiger partial charge in [-0.05, 0) is 47.9 Å². The lowest BCUT2D eigenvalue weighted by atomic mass is 10.0. The molecule has 0 fully saturated rings. The molecule has 0 aliphatic rings. The van der Waals surface area contributed by atoms with Gasteiger partial charge in [-0.3, -0.25) is 0 Å². The Hall–Kier alpha value is -2.80. The minimum Gasteiger partial charge on any atom is -0.370 e. The van der Waals surface area contributed by atoms with Crippen molar-refractivity contribution in [2.45, 2.75) is 17.5 Å². The lowest BCUT2D eigenvalue weighted by Gasteiger charge is -2.16. The fourth-order valence-corrected chi connectivity index (χ4v) is 5.21. The third-order valence-electron chi connectivity index (χ3n) is 5.33. The van der Waals surface area contributed by atoms with Crippen LogP contribution in [0.2, 0.25) is 5.02 Å². The molecule has 0 atom stereocenters. The second-order valence-corrected chi connectivity index (χ2v) is 10.8. The molecule has 14 heteroatoms.